The summed E-state index contributed by atoms with van der Waals surface area (Å²) in [5, 5.41) is 3.30. The maximum atomic E-state index is 12.3. The van der Waals surface area contributed by atoms with Crippen LogP contribution in [0, 0.1) is 0 Å². The molecule has 3 rings (SSSR count). The lowest BCUT2D eigenvalue weighted by Crippen LogP contribution is -2.50. The Morgan fingerprint density at radius 3 is 2.68 bits per heavy atom. The highest BCUT2D eigenvalue weighted by Crippen LogP contribution is 2.21. The molecule has 3 aliphatic heterocycles. The molecule has 3 aliphatic rings. The van der Waals surface area contributed by atoms with Crippen LogP contribution in [-0.2, 0) is 4.79 Å². The fourth-order valence-corrected chi connectivity index (χ4v) is 3.63. The fourth-order valence-electron chi connectivity index (χ4n) is 3.63. The van der Waals surface area contributed by atoms with E-state index < -0.39 is 0 Å². The number of piperazine rings is 1. The average molecular weight is 266 g/mol. The third-order valence-electron chi connectivity index (χ3n) is 4.72. The highest BCUT2D eigenvalue weighted by Gasteiger charge is 2.30. The van der Waals surface area contributed by atoms with Crippen LogP contribution in [0.1, 0.15) is 19.3 Å². The van der Waals surface area contributed by atoms with Crippen molar-refractivity contribution in [2.45, 2.75) is 25.3 Å². The Morgan fingerprint density at radius 2 is 1.84 bits per heavy atom. The summed E-state index contributed by atoms with van der Waals surface area (Å²) in [6, 6.07) is 0.707. The van der Waals surface area contributed by atoms with Crippen LogP contribution in [0.3, 0.4) is 0 Å². The van der Waals surface area contributed by atoms with Crippen molar-refractivity contribution in [2.75, 3.05) is 58.9 Å². The molecule has 0 aromatic rings. The molecule has 0 radical (unpaired) electrons. The van der Waals surface area contributed by atoms with Gasteiger partial charge in [0.05, 0.1) is 6.54 Å². The molecule has 5 heteroatoms. The monoisotopic (exact) mass is 266 g/mol. The smallest absolute Gasteiger partial charge is 0.236 e. The van der Waals surface area contributed by atoms with Crippen LogP contribution in [-0.4, -0.2) is 85.6 Å². The maximum Gasteiger partial charge on any atom is 0.236 e. The highest BCUT2D eigenvalue weighted by molar-refractivity contribution is 5.78. The number of rotatable bonds is 2. The number of carbonyl (C=O) groups excluding carboxylic acids is 1. The Kier molecular flexibility index (Phi) is 4.35. The number of nitrogens with zero attached hydrogens (tertiary/aromatic N) is 3. The molecule has 1 N–H and O–H groups in total. The van der Waals surface area contributed by atoms with Crippen LogP contribution >= 0.6 is 0 Å². The van der Waals surface area contributed by atoms with Crippen LogP contribution in [0.5, 0.6) is 0 Å². The summed E-state index contributed by atoms with van der Waals surface area (Å²) in [5.41, 5.74) is 0. The number of hydrogen-bond acceptors (Lipinski definition) is 4. The number of hydrogen-bond donors (Lipinski definition) is 1. The van der Waals surface area contributed by atoms with Crippen LogP contribution in [0.2, 0.25) is 0 Å². The Balaban J connectivity index is 1.52. The molecule has 1 unspecified atom stereocenters. The van der Waals surface area contributed by atoms with E-state index in [1.807, 2.05) is 4.90 Å². The molecule has 3 saturated heterocycles. The van der Waals surface area contributed by atoms with Gasteiger partial charge in [0.2, 0.25) is 5.91 Å². The second-order valence-electron chi connectivity index (χ2n) is 6.05. The third-order valence-corrected chi connectivity index (χ3v) is 4.72. The van der Waals surface area contributed by atoms with Gasteiger partial charge in [0.25, 0.3) is 0 Å². The fraction of sp³-hybridized carbons (Fsp3) is 0.929. The minimum Gasteiger partial charge on any atom is -0.339 e. The maximum absolute atomic E-state index is 12.3. The summed E-state index contributed by atoms with van der Waals surface area (Å²) >= 11 is 0. The van der Waals surface area contributed by atoms with Gasteiger partial charge in [-0.05, 0) is 38.9 Å². The van der Waals surface area contributed by atoms with E-state index in [9.17, 15) is 4.79 Å². The molecule has 0 aromatic carbocycles. The first-order chi connectivity index (χ1) is 9.33. The molecule has 3 heterocycles. The minimum absolute atomic E-state index is 0.327. The molecule has 0 aromatic heterocycles. The average Bonchev–Trinajstić information content (AvgIpc) is 2.79. The van der Waals surface area contributed by atoms with Gasteiger partial charge in [0, 0.05) is 38.8 Å². The first kappa shape index (κ1) is 13.3. The summed E-state index contributed by atoms with van der Waals surface area (Å²) in [4.78, 5) is 19.3. The Labute approximate surface area is 115 Å². The van der Waals surface area contributed by atoms with Crippen LogP contribution in [0.25, 0.3) is 0 Å². The van der Waals surface area contributed by atoms with Gasteiger partial charge in [0.15, 0.2) is 0 Å². The van der Waals surface area contributed by atoms with Gasteiger partial charge in [0.1, 0.15) is 0 Å². The standard InChI is InChI=1S/C14H26N4O/c19-14(18-9-4-15-5-10-18)12-16-6-2-8-17-7-1-3-13(17)11-16/h13,15H,1-12H2. The predicted octanol–water partition coefficient (Wildman–Crippen LogP) is -0.412. The third kappa shape index (κ3) is 3.27. The summed E-state index contributed by atoms with van der Waals surface area (Å²) in [6.45, 7) is 8.95. The van der Waals surface area contributed by atoms with Gasteiger partial charge in [-0.2, -0.15) is 0 Å². The molecule has 0 bridgehead atoms. The molecule has 0 aliphatic carbocycles. The van der Waals surface area contributed by atoms with Crippen molar-refractivity contribution >= 4 is 5.91 Å². The van der Waals surface area contributed by atoms with Crippen molar-refractivity contribution in [3.63, 3.8) is 0 Å². The van der Waals surface area contributed by atoms with E-state index in [1.54, 1.807) is 0 Å². The molecular weight excluding hydrogens is 240 g/mol. The predicted molar refractivity (Wildman–Crippen MR) is 75.1 cm³/mol. The van der Waals surface area contributed by atoms with E-state index in [0.717, 1.165) is 39.3 Å². The first-order valence-corrected chi connectivity index (χ1v) is 7.78. The lowest BCUT2D eigenvalue weighted by Gasteiger charge is -2.31. The van der Waals surface area contributed by atoms with Crippen molar-refractivity contribution in [1.82, 2.24) is 20.0 Å². The Morgan fingerprint density at radius 1 is 1.05 bits per heavy atom. The second-order valence-corrected chi connectivity index (χ2v) is 6.05. The summed E-state index contributed by atoms with van der Waals surface area (Å²) in [7, 11) is 0. The Hall–Kier alpha value is -0.650. The zero-order chi connectivity index (χ0) is 13.1. The van der Waals surface area contributed by atoms with Gasteiger partial charge >= 0.3 is 0 Å². The number of amides is 1. The quantitative estimate of drug-likeness (QED) is 0.737. The molecule has 0 saturated carbocycles. The van der Waals surface area contributed by atoms with Crippen molar-refractivity contribution in [2.24, 2.45) is 0 Å². The SMILES string of the molecule is O=C(CN1CCCN2CCCC2C1)N1CCNCC1. The number of nitrogens with one attached hydrogen (secondary N) is 1. The summed E-state index contributed by atoms with van der Waals surface area (Å²) in [5.74, 6) is 0.327. The van der Waals surface area contributed by atoms with E-state index in [1.165, 1.54) is 32.4 Å². The van der Waals surface area contributed by atoms with Crippen molar-refractivity contribution in [1.29, 1.82) is 0 Å². The molecular formula is C14H26N4O. The van der Waals surface area contributed by atoms with Crippen LogP contribution in [0.4, 0.5) is 0 Å². The topological polar surface area (TPSA) is 38.8 Å². The van der Waals surface area contributed by atoms with Crippen molar-refractivity contribution in [3.05, 3.63) is 0 Å². The van der Waals surface area contributed by atoms with Gasteiger partial charge < -0.3 is 10.2 Å². The van der Waals surface area contributed by atoms with Gasteiger partial charge in [-0.25, -0.2) is 0 Å². The minimum atomic E-state index is 0.327. The molecule has 1 amide bonds. The lowest BCUT2D eigenvalue weighted by molar-refractivity contribution is -0.133. The number of carbonyl (C=O) groups is 1. The molecule has 0 spiro atoms. The highest BCUT2D eigenvalue weighted by atomic mass is 16.2. The van der Waals surface area contributed by atoms with E-state index in [-0.39, 0.29) is 0 Å². The largest absolute Gasteiger partial charge is 0.339 e. The van der Waals surface area contributed by atoms with Crippen LogP contribution in [0.15, 0.2) is 0 Å². The summed E-state index contributed by atoms with van der Waals surface area (Å²) < 4.78 is 0. The molecule has 3 fully saturated rings. The zero-order valence-electron chi connectivity index (χ0n) is 11.8. The molecule has 19 heavy (non-hydrogen) atoms. The molecule has 108 valence electrons. The van der Waals surface area contributed by atoms with E-state index >= 15 is 0 Å². The van der Waals surface area contributed by atoms with Crippen molar-refractivity contribution in [3.8, 4) is 0 Å². The van der Waals surface area contributed by atoms with Crippen molar-refractivity contribution < 1.29 is 4.79 Å². The zero-order valence-corrected chi connectivity index (χ0v) is 11.8. The Bertz CT molecular complexity index is 317. The first-order valence-electron chi connectivity index (χ1n) is 7.78. The van der Waals surface area contributed by atoms with Gasteiger partial charge in [-0.3, -0.25) is 14.6 Å². The normalized spacial score (nSPS) is 30.1. The van der Waals surface area contributed by atoms with Gasteiger partial charge in [-0.1, -0.05) is 0 Å². The van der Waals surface area contributed by atoms with Crippen LogP contribution < -0.4 is 5.32 Å². The van der Waals surface area contributed by atoms with Gasteiger partial charge in [-0.15, -0.1) is 0 Å². The number of fused-ring (bicyclic) bond motifs is 1. The molecule has 5 nitrogen and oxygen atoms in total. The van der Waals surface area contributed by atoms with E-state index in [2.05, 4.69) is 15.1 Å². The lowest BCUT2D eigenvalue weighted by atomic mass is 10.2. The summed E-state index contributed by atoms with van der Waals surface area (Å²) in [6.07, 6.45) is 3.87. The van der Waals surface area contributed by atoms with E-state index in [4.69, 9.17) is 0 Å². The molecule has 1 atom stereocenters. The second kappa shape index (κ2) is 6.20. The van der Waals surface area contributed by atoms with E-state index in [0.29, 0.717) is 18.5 Å².